The minimum Gasteiger partial charge on any atom is -0.258 e. The Morgan fingerprint density at radius 1 is 1.13 bits per heavy atom. The summed E-state index contributed by atoms with van der Waals surface area (Å²) < 4.78 is 4.26. The quantitative estimate of drug-likeness (QED) is 0.421. The Bertz CT molecular complexity index is 890. The molecule has 23 heavy (non-hydrogen) atoms. The molecule has 1 aromatic heterocycles. The SMILES string of the molecule is O=[N+]([O-])c1cccc(-n2c[n+]3c(c2-c2ccccc2)SCC3)c1. The van der Waals surface area contributed by atoms with Crippen LogP contribution < -0.4 is 4.57 Å². The first-order valence-corrected chi connectivity index (χ1v) is 8.30. The van der Waals surface area contributed by atoms with Crippen molar-refractivity contribution < 1.29 is 9.49 Å². The van der Waals surface area contributed by atoms with Gasteiger partial charge in [0.2, 0.25) is 11.4 Å². The minimum atomic E-state index is -0.356. The van der Waals surface area contributed by atoms with Crippen LogP contribution in [0.4, 0.5) is 5.69 Å². The van der Waals surface area contributed by atoms with E-state index in [1.54, 1.807) is 12.1 Å². The summed E-state index contributed by atoms with van der Waals surface area (Å²) >= 11 is 1.82. The summed E-state index contributed by atoms with van der Waals surface area (Å²) in [5, 5.41) is 12.3. The van der Waals surface area contributed by atoms with Crippen molar-refractivity contribution in [3.8, 4) is 16.9 Å². The Morgan fingerprint density at radius 3 is 2.74 bits per heavy atom. The van der Waals surface area contributed by atoms with E-state index >= 15 is 0 Å². The van der Waals surface area contributed by atoms with E-state index < -0.39 is 0 Å². The first-order valence-electron chi connectivity index (χ1n) is 7.32. The third kappa shape index (κ3) is 2.41. The van der Waals surface area contributed by atoms with E-state index in [9.17, 15) is 10.1 Å². The number of nitro benzene ring substituents is 1. The highest BCUT2D eigenvalue weighted by atomic mass is 32.2. The van der Waals surface area contributed by atoms with Crippen molar-refractivity contribution in [2.45, 2.75) is 11.6 Å². The van der Waals surface area contributed by atoms with Gasteiger partial charge in [0.05, 0.1) is 11.0 Å². The maximum absolute atomic E-state index is 11.1. The lowest BCUT2D eigenvalue weighted by Gasteiger charge is -2.03. The van der Waals surface area contributed by atoms with Gasteiger partial charge in [-0.2, -0.15) is 4.57 Å². The standard InChI is InChI=1S/C17H14N3O2S/c21-20(22)15-8-4-7-14(11-15)19-12-18-9-10-23-17(18)16(19)13-5-2-1-3-6-13/h1-8,11-12H,9-10H2/q+1. The number of hydrogen-bond acceptors (Lipinski definition) is 3. The summed E-state index contributed by atoms with van der Waals surface area (Å²) in [5.41, 5.74) is 3.12. The Balaban J connectivity index is 1.93. The number of fused-ring (bicyclic) bond motifs is 1. The summed E-state index contributed by atoms with van der Waals surface area (Å²) in [4.78, 5) is 10.7. The number of imidazole rings is 1. The second-order valence-electron chi connectivity index (χ2n) is 5.32. The van der Waals surface area contributed by atoms with Crippen molar-refractivity contribution in [1.82, 2.24) is 4.57 Å². The van der Waals surface area contributed by atoms with Crippen LogP contribution >= 0.6 is 11.8 Å². The molecule has 0 aliphatic carbocycles. The average Bonchev–Trinajstić information content (AvgIpc) is 3.16. The van der Waals surface area contributed by atoms with E-state index in [1.807, 2.05) is 46.9 Å². The van der Waals surface area contributed by atoms with E-state index in [0.29, 0.717) is 0 Å². The predicted molar refractivity (Wildman–Crippen MR) is 88.8 cm³/mol. The van der Waals surface area contributed by atoms with Crippen LogP contribution in [0.3, 0.4) is 0 Å². The molecule has 2 aromatic carbocycles. The zero-order valence-corrected chi connectivity index (χ0v) is 13.1. The van der Waals surface area contributed by atoms with Gasteiger partial charge >= 0.3 is 0 Å². The molecule has 0 fully saturated rings. The molecule has 5 nitrogen and oxygen atoms in total. The molecule has 0 bridgehead atoms. The number of benzene rings is 2. The number of rotatable bonds is 3. The summed E-state index contributed by atoms with van der Waals surface area (Å²) in [6.45, 7) is 0.960. The second-order valence-corrected chi connectivity index (χ2v) is 6.41. The minimum absolute atomic E-state index is 0.105. The molecule has 6 heteroatoms. The van der Waals surface area contributed by atoms with Crippen molar-refractivity contribution in [2.75, 3.05) is 5.75 Å². The highest BCUT2D eigenvalue weighted by molar-refractivity contribution is 7.99. The molecule has 0 atom stereocenters. The molecule has 0 saturated heterocycles. The predicted octanol–water partition coefficient (Wildman–Crippen LogP) is 3.45. The summed E-state index contributed by atoms with van der Waals surface area (Å²) in [5.74, 6) is 1.06. The van der Waals surface area contributed by atoms with Gasteiger partial charge in [0, 0.05) is 17.4 Å². The Labute approximate surface area is 137 Å². The summed E-state index contributed by atoms with van der Waals surface area (Å²) in [6.07, 6.45) is 2.04. The van der Waals surface area contributed by atoms with Gasteiger partial charge in [0.15, 0.2) is 5.69 Å². The van der Waals surface area contributed by atoms with Gasteiger partial charge in [-0.15, -0.1) is 0 Å². The van der Waals surface area contributed by atoms with Crippen LogP contribution in [0.25, 0.3) is 16.9 Å². The lowest BCUT2D eigenvalue weighted by atomic mass is 10.1. The van der Waals surface area contributed by atoms with Crippen molar-refractivity contribution >= 4 is 17.4 Å². The Kier molecular flexibility index (Phi) is 3.38. The summed E-state index contributed by atoms with van der Waals surface area (Å²) in [7, 11) is 0. The highest BCUT2D eigenvalue weighted by Gasteiger charge is 2.30. The van der Waals surface area contributed by atoms with E-state index in [-0.39, 0.29) is 10.6 Å². The lowest BCUT2D eigenvalue weighted by molar-refractivity contribution is -0.721. The van der Waals surface area contributed by atoms with Crippen LogP contribution in [0.15, 0.2) is 66.0 Å². The van der Waals surface area contributed by atoms with Crippen LogP contribution in [-0.2, 0) is 6.54 Å². The van der Waals surface area contributed by atoms with Crippen molar-refractivity contribution in [3.05, 3.63) is 71.0 Å². The third-order valence-corrected chi connectivity index (χ3v) is 4.98. The van der Waals surface area contributed by atoms with Gasteiger partial charge in [-0.3, -0.25) is 10.1 Å². The molecule has 1 aliphatic heterocycles. The molecule has 0 saturated carbocycles. The fraction of sp³-hybridized carbons (Fsp3) is 0.118. The van der Waals surface area contributed by atoms with E-state index in [0.717, 1.165) is 29.2 Å². The van der Waals surface area contributed by atoms with Crippen LogP contribution in [0.5, 0.6) is 0 Å². The average molecular weight is 324 g/mol. The Hall–Kier alpha value is -2.60. The molecule has 3 aromatic rings. The van der Waals surface area contributed by atoms with Crippen LogP contribution in [-0.4, -0.2) is 15.2 Å². The number of nitrogens with zero attached hydrogens (tertiary/aromatic N) is 3. The fourth-order valence-corrected chi connectivity index (χ4v) is 3.99. The van der Waals surface area contributed by atoms with Crippen LogP contribution in [0, 0.1) is 10.1 Å². The maximum Gasteiger partial charge on any atom is 0.273 e. The molecular formula is C17H14N3O2S+. The fourth-order valence-electron chi connectivity index (χ4n) is 2.85. The highest BCUT2D eigenvalue weighted by Crippen LogP contribution is 2.34. The van der Waals surface area contributed by atoms with E-state index in [2.05, 4.69) is 16.7 Å². The summed E-state index contributed by atoms with van der Waals surface area (Å²) in [6, 6.07) is 16.9. The second kappa shape index (κ2) is 5.55. The first-order chi connectivity index (χ1) is 11.2. The molecule has 4 rings (SSSR count). The molecular weight excluding hydrogens is 310 g/mol. The number of aromatic nitrogens is 2. The lowest BCUT2D eigenvalue weighted by Crippen LogP contribution is -2.30. The largest absolute Gasteiger partial charge is 0.273 e. The third-order valence-electron chi connectivity index (χ3n) is 3.90. The number of aryl methyl sites for hydroxylation is 1. The van der Waals surface area contributed by atoms with Crippen LogP contribution in [0.1, 0.15) is 0 Å². The molecule has 114 valence electrons. The zero-order valence-electron chi connectivity index (χ0n) is 12.3. The van der Waals surface area contributed by atoms with Crippen molar-refractivity contribution in [3.63, 3.8) is 0 Å². The topological polar surface area (TPSA) is 52.0 Å². The van der Waals surface area contributed by atoms with Gasteiger partial charge < -0.3 is 0 Å². The van der Waals surface area contributed by atoms with E-state index in [1.165, 1.54) is 11.1 Å². The molecule has 0 radical (unpaired) electrons. The number of nitro groups is 1. The van der Waals surface area contributed by atoms with Gasteiger partial charge in [-0.1, -0.05) is 48.2 Å². The molecule has 2 heterocycles. The normalized spacial score (nSPS) is 13.0. The molecule has 0 amide bonds. The van der Waals surface area contributed by atoms with Gasteiger partial charge in [-0.05, 0) is 6.07 Å². The molecule has 0 unspecified atom stereocenters. The number of hydrogen-bond donors (Lipinski definition) is 0. The zero-order chi connectivity index (χ0) is 15.8. The maximum atomic E-state index is 11.1. The first kappa shape index (κ1) is 14.0. The van der Waals surface area contributed by atoms with Gasteiger partial charge in [0.1, 0.15) is 12.2 Å². The Morgan fingerprint density at radius 2 is 1.96 bits per heavy atom. The van der Waals surface area contributed by atoms with Crippen LogP contribution in [0.2, 0.25) is 0 Å². The van der Waals surface area contributed by atoms with Crippen molar-refractivity contribution in [2.24, 2.45) is 0 Å². The smallest absolute Gasteiger partial charge is 0.258 e. The molecule has 0 N–H and O–H groups in total. The van der Waals surface area contributed by atoms with E-state index in [4.69, 9.17) is 0 Å². The molecule has 1 aliphatic rings. The van der Waals surface area contributed by atoms with Gasteiger partial charge in [-0.25, -0.2) is 4.57 Å². The van der Waals surface area contributed by atoms with Gasteiger partial charge in [0.25, 0.3) is 5.69 Å². The molecule has 0 spiro atoms. The number of thioether (sulfide) groups is 1. The number of non-ortho nitro benzene ring substituents is 1. The van der Waals surface area contributed by atoms with Crippen molar-refractivity contribution in [1.29, 1.82) is 0 Å². The monoisotopic (exact) mass is 324 g/mol.